The van der Waals surface area contributed by atoms with Gasteiger partial charge in [0.15, 0.2) is 4.80 Å². The van der Waals surface area contributed by atoms with E-state index < -0.39 is 15.9 Å². The molecule has 0 saturated carbocycles. The largest absolute Gasteiger partial charge is 0.319 e. The molecule has 9 heteroatoms. The lowest BCUT2D eigenvalue weighted by molar-refractivity contribution is -0.122. The number of nitrogens with zero attached hydrogens (tertiary/aromatic N) is 3. The topological polar surface area (TPSA) is 71.7 Å². The van der Waals surface area contributed by atoms with Crippen LogP contribution in [-0.4, -0.2) is 36.3 Å². The van der Waals surface area contributed by atoms with E-state index in [9.17, 15) is 13.2 Å². The zero-order chi connectivity index (χ0) is 22.3. The summed E-state index contributed by atoms with van der Waals surface area (Å²) in [6, 6.07) is 10.2. The van der Waals surface area contributed by atoms with E-state index in [1.165, 1.54) is 38.9 Å². The summed E-state index contributed by atoms with van der Waals surface area (Å²) < 4.78 is 30.4. The average Bonchev–Trinajstić information content (AvgIpc) is 3.07. The number of rotatable bonds is 3. The summed E-state index contributed by atoms with van der Waals surface area (Å²) in [6.45, 7) is 4.66. The van der Waals surface area contributed by atoms with Crippen molar-refractivity contribution < 1.29 is 13.2 Å². The maximum atomic E-state index is 13.0. The van der Waals surface area contributed by atoms with Crippen LogP contribution in [-0.2, 0) is 21.9 Å². The van der Waals surface area contributed by atoms with Crippen LogP contribution in [0, 0.1) is 19.8 Å². The van der Waals surface area contributed by atoms with Gasteiger partial charge in [0, 0.05) is 25.2 Å². The summed E-state index contributed by atoms with van der Waals surface area (Å²) in [5.74, 6) is -0.726. The summed E-state index contributed by atoms with van der Waals surface area (Å²) in [5.41, 5.74) is 3.43. The summed E-state index contributed by atoms with van der Waals surface area (Å²) in [7, 11) is -1.77. The molecule has 1 amide bonds. The molecule has 1 aromatic heterocycles. The lowest BCUT2D eigenvalue weighted by atomic mass is 9.99. The quantitative estimate of drug-likeness (QED) is 0.571. The fourth-order valence-electron chi connectivity index (χ4n) is 3.94. The van der Waals surface area contributed by atoms with Gasteiger partial charge in [-0.3, -0.25) is 4.79 Å². The van der Waals surface area contributed by atoms with Crippen molar-refractivity contribution in [3.05, 3.63) is 57.3 Å². The normalized spacial score (nSPS) is 18.6. The second-order valence-corrected chi connectivity index (χ2v) is 11.3. The number of aryl methyl sites for hydroxylation is 3. The molecular formula is C22H24ClN3O3S2. The van der Waals surface area contributed by atoms with Crippen molar-refractivity contribution in [1.82, 2.24) is 8.87 Å². The molecule has 0 bridgehead atoms. The van der Waals surface area contributed by atoms with Crippen LogP contribution in [0.5, 0.6) is 0 Å². The number of thiazole rings is 1. The number of piperidine rings is 1. The minimum Gasteiger partial charge on any atom is -0.319 e. The van der Waals surface area contributed by atoms with E-state index in [-0.39, 0.29) is 17.3 Å². The summed E-state index contributed by atoms with van der Waals surface area (Å²) in [4.78, 5) is 18.2. The lowest BCUT2D eigenvalue weighted by Gasteiger charge is -2.30. The number of carbonyl (C=O) groups excluding carboxylic acids is 1. The van der Waals surface area contributed by atoms with Gasteiger partial charge in [-0.25, -0.2) is 8.42 Å². The van der Waals surface area contributed by atoms with Gasteiger partial charge in [0.05, 0.1) is 21.0 Å². The van der Waals surface area contributed by atoms with E-state index in [2.05, 4.69) is 24.9 Å². The van der Waals surface area contributed by atoms with Crippen molar-refractivity contribution in [2.45, 2.75) is 31.6 Å². The Morgan fingerprint density at radius 2 is 1.87 bits per heavy atom. The number of halogens is 1. The van der Waals surface area contributed by atoms with Crippen molar-refractivity contribution >= 4 is 49.1 Å². The fraction of sp³-hybridized carbons (Fsp3) is 0.364. The minimum absolute atomic E-state index is 0.139. The van der Waals surface area contributed by atoms with Crippen LogP contribution in [0.3, 0.4) is 0 Å². The lowest BCUT2D eigenvalue weighted by Crippen LogP contribution is -2.42. The molecule has 1 aliphatic rings. The number of benzene rings is 2. The van der Waals surface area contributed by atoms with E-state index in [0.29, 0.717) is 29.2 Å². The molecule has 3 aromatic rings. The minimum atomic E-state index is -3.68. The highest BCUT2D eigenvalue weighted by Crippen LogP contribution is 2.26. The van der Waals surface area contributed by atoms with Crippen molar-refractivity contribution in [3.63, 3.8) is 0 Å². The monoisotopic (exact) mass is 477 g/mol. The van der Waals surface area contributed by atoms with E-state index in [1.807, 2.05) is 17.7 Å². The molecule has 2 heterocycles. The first-order valence-electron chi connectivity index (χ1n) is 10.1. The third-order valence-corrected chi connectivity index (χ3v) is 9.11. The predicted octanol–water partition coefficient (Wildman–Crippen LogP) is 4.04. The Bertz CT molecular complexity index is 1320. The third kappa shape index (κ3) is 4.22. The van der Waals surface area contributed by atoms with Gasteiger partial charge in [0.25, 0.3) is 5.91 Å². The summed E-state index contributed by atoms with van der Waals surface area (Å²) in [5, 5.41) is 0.478. The van der Waals surface area contributed by atoms with E-state index in [4.69, 9.17) is 11.6 Å². The van der Waals surface area contributed by atoms with Gasteiger partial charge in [0.1, 0.15) is 0 Å². The molecule has 1 fully saturated rings. The zero-order valence-corrected chi connectivity index (χ0v) is 20.0. The summed E-state index contributed by atoms with van der Waals surface area (Å²) in [6.07, 6.45) is 1.25. The van der Waals surface area contributed by atoms with Gasteiger partial charge >= 0.3 is 0 Å². The smallest absolute Gasteiger partial charge is 0.252 e. The van der Waals surface area contributed by atoms with Crippen LogP contribution < -0.4 is 4.80 Å². The van der Waals surface area contributed by atoms with Crippen molar-refractivity contribution in [3.8, 4) is 0 Å². The third-order valence-electron chi connectivity index (χ3n) is 5.88. The van der Waals surface area contributed by atoms with Crippen molar-refractivity contribution in [2.75, 3.05) is 13.1 Å². The average molecular weight is 478 g/mol. The van der Waals surface area contributed by atoms with E-state index >= 15 is 0 Å². The van der Waals surface area contributed by atoms with Gasteiger partial charge in [-0.05, 0) is 68.1 Å². The molecule has 0 radical (unpaired) electrons. The number of sulfonamides is 1. The first kappa shape index (κ1) is 22.2. The molecule has 2 aromatic carbocycles. The van der Waals surface area contributed by atoms with Crippen LogP contribution in [0.1, 0.15) is 24.0 Å². The first-order valence-corrected chi connectivity index (χ1v) is 12.7. The van der Waals surface area contributed by atoms with Crippen LogP contribution in [0.15, 0.2) is 46.3 Å². The molecule has 6 nitrogen and oxygen atoms in total. The van der Waals surface area contributed by atoms with Crippen LogP contribution in [0.4, 0.5) is 0 Å². The maximum Gasteiger partial charge on any atom is 0.252 e. The van der Waals surface area contributed by atoms with Gasteiger partial charge in [0.2, 0.25) is 10.0 Å². The van der Waals surface area contributed by atoms with Gasteiger partial charge < -0.3 is 4.57 Å². The Morgan fingerprint density at radius 3 is 2.58 bits per heavy atom. The SMILES string of the molecule is Cc1ccc2sc(=NC(=O)C3CCCN(S(=O)(=O)c4ccc(Cl)cc4)C3)n(C)c2c1C. The highest BCUT2D eigenvalue weighted by atomic mass is 35.5. The van der Waals surface area contributed by atoms with Gasteiger partial charge in [-0.1, -0.05) is 29.0 Å². The molecule has 0 aliphatic carbocycles. The Balaban J connectivity index is 1.61. The maximum absolute atomic E-state index is 13.0. The summed E-state index contributed by atoms with van der Waals surface area (Å²) >= 11 is 7.36. The second-order valence-electron chi connectivity index (χ2n) is 7.90. The molecule has 164 valence electrons. The molecule has 0 spiro atoms. The number of carbonyl (C=O) groups is 1. The number of fused-ring (bicyclic) bond motifs is 1. The van der Waals surface area contributed by atoms with E-state index in [1.54, 1.807) is 12.1 Å². The molecule has 1 atom stereocenters. The number of amides is 1. The second kappa shape index (κ2) is 8.50. The Labute approximate surface area is 190 Å². The molecule has 1 unspecified atom stereocenters. The zero-order valence-electron chi connectivity index (χ0n) is 17.6. The molecule has 1 aliphatic heterocycles. The molecule has 4 rings (SSSR count). The Morgan fingerprint density at radius 1 is 1.16 bits per heavy atom. The Hall–Kier alpha value is -2.00. The van der Waals surface area contributed by atoms with E-state index in [0.717, 1.165) is 10.2 Å². The van der Waals surface area contributed by atoms with Crippen molar-refractivity contribution in [1.29, 1.82) is 0 Å². The molecule has 0 N–H and O–H groups in total. The van der Waals surface area contributed by atoms with Crippen LogP contribution >= 0.6 is 22.9 Å². The molecular weight excluding hydrogens is 454 g/mol. The standard InChI is InChI=1S/C22H24ClN3O3S2/c1-14-6-11-19-20(15(14)2)25(3)22(30-19)24-21(27)16-5-4-12-26(13-16)31(28,29)18-9-7-17(23)8-10-18/h6-11,16H,4-5,12-13H2,1-3H3. The fourth-order valence-corrected chi connectivity index (χ4v) is 6.67. The molecule has 1 saturated heterocycles. The van der Waals surface area contributed by atoms with Gasteiger partial charge in [-0.2, -0.15) is 9.30 Å². The number of hydrogen-bond donors (Lipinski definition) is 0. The van der Waals surface area contributed by atoms with Crippen LogP contribution in [0.25, 0.3) is 10.2 Å². The highest BCUT2D eigenvalue weighted by molar-refractivity contribution is 7.89. The Kier molecular flexibility index (Phi) is 6.09. The van der Waals surface area contributed by atoms with Crippen molar-refractivity contribution in [2.24, 2.45) is 18.0 Å². The predicted molar refractivity (Wildman–Crippen MR) is 124 cm³/mol. The molecule has 31 heavy (non-hydrogen) atoms. The number of aromatic nitrogens is 1. The van der Waals surface area contributed by atoms with Gasteiger partial charge in [-0.15, -0.1) is 0 Å². The highest BCUT2D eigenvalue weighted by Gasteiger charge is 2.33. The first-order chi connectivity index (χ1) is 14.7. The number of hydrogen-bond acceptors (Lipinski definition) is 4. The van der Waals surface area contributed by atoms with Crippen LogP contribution in [0.2, 0.25) is 5.02 Å².